The number of hydrogen-bond acceptors (Lipinski definition) is 4. The Morgan fingerprint density at radius 1 is 1.00 bits per heavy atom. The van der Waals surface area contributed by atoms with E-state index in [4.69, 9.17) is 0 Å². The molecule has 0 radical (unpaired) electrons. The first kappa shape index (κ1) is 14.3. The summed E-state index contributed by atoms with van der Waals surface area (Å²) >= 11 is 0. The first-order valence-corrected chi connectivity index (χ1v) is 6.90. The fourth-order valence-electron chi connectivity index (χ4n) is 2.07. The lowest BCUT2D eigenvalue weighted by Crippen LogP contribution is -2.12. The summed E-state index contributed by atoms with van der Waals surface area (Å²) < 4.78 is 0. The zero-order valence-electron chi connectivity index (χ0n) is 12.8. The molecule has 0 saturated carbocycles. The lowest BCUT2D eigenvalue weighted by atomic mass is 10.1. The van der Waals surface area contributed by atoms with Crippen LogP contribution in [-0.4, -0.2) is 16.0 Å². The topological polar surface area (TPSA) is 49.8 Å². The highest BCUT2D eigenvalue weighted by Crippen LogP contribution is 2.20. The van der Waals surface area contributed by atoms with E-state index < -0.39 is 0 Å². The van der Waals surface area contributed by atoms with Gasteiger partial charge in [0.1, 0.15) is 5.82 Å². The second-order valence-electron chi connectivity index (χ2n) is 5.46. The number of aryl methyl sites for hydroxylation is 3. The Morgan fingerprint density at radius 3 is 2.40 bits per heavy atom. The van der Waals surface area contributed by atoms with Gasteiger partial charge in [0.2, 0.25) is 5.95 Å². The summed E-state index contributed by atoms with van der Waals surface area (Å²) in [5.74, 6) is 1.47. The number of benzene rings is 1. The number of hydrogen-bond donors (Lipinski definition) is 2. The molecule has 0 aliphatic carbocycles. The second kappa shape index (κ2) is 5.90. The van der Waals surface area contributed by atoms with E-state index in [0.29, 0.717) is 12.0 Å². The van der Waals surface area contributed by atoms with Gasteiger partial charge in [-0.05, 0) is 46.2 Å². The summed E-state index contributed by atoms with van der Waals surface area (Å²) in [4.78, 5) is 8.94. The van der Waals surface area contributed by atoms with Crippen molar-refractivity contribution in [2.24, 2.45) is 0 Å². The van der Waals surface area contributed by atoms with Crippen molar-refractivity contribution in [2.45, 2.75) is 40.7 Å². The van der Waals surface area contributed by atoms with E-state index in [9.17, 15) is 0 Å². The molecule has 0 aliphatic heterocycles. The van der Waals surface area contributed by atoms with Gasteiger partial charge in [-0.3, -0.25) is 0 Å². The van der Waals surface area contributed by atoms with Gasteiger partial charge in [0, 0.05) is 23.5 Å². The predicted octanol–water partition coefficient (Wildman–Crippen LogP) is 3.97. The molecule has 2 rings (SSSR count). The molecular weight excluding hydrogens is 248 g/mol. The van der Waals surface area contributed by atoms with E-state index in [2.05, 4.69) is 66.5 Å². The van der Waals surface area contributed by atoms with E-state index in [0.717, 1.165) is 17.2 Å². The Labute approximate surface area is 120 Å². The average Bonchev–Trinajstić information content (AvgIpc) is 2.31. The van der Waals surface area contributed by atoms with E-state index in [1.54, 1.807) is 0 Å². The molecule has 1 heterocycles. The summed E-state index contributed by atoms with van der Waals surface area (Å²) in [5.41, 5.74) is 4.42. The van der Waals surface area contributed by atoms with Crippen LogP contribution in [0, 0.1) is 20.8 Å². The van der Waals surface area contributed by atoms with Gasteiger partial charge in [0.05, 0.1) is 0 Å². The molecule has 1 aromatic heterocycles. The number of nitrogens with one attached hydrogen (secondary N) is 2. The Balaban J connectivity index is 2.26. The molecule has 2 N–H and O–H groups in total. The highest BCUT2D eigenvalue weighted by atomic mass is 15.1. The van der Waals surface area contributed by atoms with Gasteiger partial charge in [0.25, 0.3) is 0 Å². The zero-order valence-corrected chi connectivity index (χ0v) is 12.8. The molecule has 0 unspecified atom stereocenters. The Bertz CT molecular complexity index is 605. The molecule has 4 heteroatoms. The highest BCUT2D eigenvalue weighted by Gasteiger charge is 2.05. The summed E-state index contributed by atoms with van der Waals surface area (Å²) in [6, 6.07) is 8.58. The van der Waals surface area contributed by atoms with Crippen LogP contribution in [0.3, 0.4) is 0 Å². The fraction of sp³-hybridized carbons (Fsp3) is 0.375. The molecule has 0 spiro atoms. The molecular formula is C16H22N4. The second-order valence-corrected chi connectivity index (χ2v) is 5.46. The van der Waals surface area contributed by atoms with Crippen LogP contribution in [0.1, 0.15) is 30.7 Å². The minimum atomic E-state index is 0.346. The SMILES string of the molecule is Cc1ccc(Nc2nc(C)cc(NC(C)C)n2)c(C)c1. The third-order valence-electron chi connectivity index (χ3n) is 2.92. The lowest BCUT2D eigenvalue weighted by molar-refractivity contribution is 0.885. The Kier molecular flexibility index (Phi) is 4.23. The number of anilines is 3. The molecule has 0 bridgehead atoms. The van der Waals surface area contributed by atoms with Gasteiger partial charge in [-0.1, -0.05) is 17.7 Å². The minimum Gasteiger partial charge on any atom is -0.368 e. The first-order valence-electron chi connectivity index (χ1n) is 6.90. The molecule has 20 heavy (non-hydrogen) atoms. The van der Waals surface area contributed by atoms with Crippen molar-refractivity contribution in [3.05, 3.63) is 41.1 Å². The first-order chi connectivity index (χ1) is 9.44. The lowest BCUT2D eigenvalue weighted by Gasteiger charge is -2.13. The predicted molar refractivity (Wildman–Crippen MR) is 84.7 cm³/mol. The van der Waals surface area contributed by atoms with Gasteiger partial charge in [-0.15, -0.1) is 0 Å². The van der Waals surface area contributed by atoms with E-state index in [1.165, 1.54) is 11.1 Å². The van der Waals surface area contributed by atoms with Crippen molar-refractivity contribution in [3.63, 3.8) is 0 Å². The summed E-state index contributed by atoms with van der Waals surface area (Å²) in [6.45, 7) is 10.3. The summed E-state index contributed by atoms with van der Waals surface area (Å²) in [7, 11) is 0. The quantitative estimate of drug-likeness (QED) is 0.882. The minimum absolute atomic E-state index is 0.346. The third kappa shape index (κ3) is 3.70. The molecule has 106 valence electrons. The standard InChI is InChI=1S/C16H22N4/c1-10(2)17-15-9-13(5)18-16(20-15)19-14-7-6-11(3)8-12(14)4/h6-10H,1-5H3,(H2,17,18,19,20). The molecule has 2 aromatic rings. The fourth-order valence-corrected chi connectivity index (χ4v) is 2.07. The molecule has 1 aromatic carbocycles. The molecule has 0 fully saturated rings. The van der Waals surface area contributed by atoms with Crippen LogP contribution in [0.25, 0.3) is 0 Å². The molecule has 4 nitrogen and oxygen atoms in total. The highest BCUT2D eigenvalue weighted by molar-refractivity contribution is 5.60. The number of rotatable bonds is 4. The van der Waals surface area contributed by atoms with Gasteiger partial charge < -0.3 is 10.6 Å². The van der Waals surface area contributed by atoms with Crippen LogP contribution in [0.2, 0.25) is 0 Å². The number of aromatic nitrogens is 2. The molecule has 0 atom stereocenters. The van der Waals surface area contributed by atoms with Crippen LogP contribution in [-0.2, 0) is 0 Å². The van der Waals surface area contributed by atoms with Gasteiger partial charge in [0.15, 0.2) is 0 Å². The molecule has 0 saturated heterocycles. The van der Waals surface area contributed by atoms with E-state index >= 15 is 0 Å². The monoisotopic (exact) mass is 270 g/mol. The van der Waals surface area contributed by atoms with Crippen LogP contribution in [0.4, 0.5) is 17.5 Å². The number of nitrogens with zero attached hydrogens (tertiary/aromatic N) is 2. The van der Waals surface area contributed by atoms with Gasteiger partial charge in [-0.25, -0.2) is 4.98 Å². The average molecular weight is 270 g/mol. The molecule has 0 amide bonds. The van der Waals surface area contributed by atoms with Crippen LogP contribution >= 0.6 is 0 Å². The van der Waals surface area contributed by atoms with Gasteiger partial charge >= 0.3 is 0 Å². The maximum absolute atomic E-state index is 4.50. The normalized spacial score (nSPS) is 10.7. The molecule has 0 aliphatic rings. The Hall–Kier alpha value is -2.10. The van der Waals surface area contributed by atoms with Crippen LogP contribution in [0.5, 0.6) is 0 Å². The van der Waals surface area contributed by atoms with Crippen molar-refractivity contribution >= 4 is 17.5 Å². The maximum atomic E-state index is 4.50. The van der Waals surface area contributed by atoms with Crippen molar-refractivity contribution in [1.82, 2.24) is 9.97 Å². The largest absolute Gasteiger partial charge is 0.368 e. The van der Waals surface area contributed by atoms with E-state index in [-0.39, 0.29) is 0 Å². The van der Waals surface area contributed by atoms with Gasteiger partial charge in [-0.2, -0.15) is 4.98 Å². The van der Waals surface area contributed by atoms with Crippen LogP contribution in [0.15, 0.2) is 24.3 Å². The third-order valence-corrected chi connectivity index (χ3v) is 2.92. The maximum Gasteiger partial charge on any atom is 0.229 e. The van der Waals surface area contributed by atoms with Crippen molar-refractivity contribution < 1.29 is 0 Å². The Morgan fingerprint density at radius 2 is 1.75 bits per heavy atom. The van der Waals surface area contributed by atoms with E-state index in [1.807, 2.05) is 13.0 Å². The van der Waals surface area contributed by atoms with Crippen molar-refractivity contribution in [2.75, 3.05) is 10.6 Å². The zero-order chi connectivity index (χ0) is 14.7. The summed E-state index contributed by atoms with van der Waals surface area (Å²) in [6.07, 6.45) is 0. The van der Waals surface area contributed by atoms with Crippen molar-refractivity contribution in [1.29, 1.82) is 0 Å². The smallest absolute Gasteiger partial charge is 0.229 e. The van der Waals surface area contributed by atoms with Crippen LogP contribution < -0.4 is 10.6 Å². The summed E-state index contributed by atoms with van der Waals surface area (Å²) in [5, 5.41) is 6.60. The van der Waals surface area contributed by atoms with Crippen molar-refractivity contribution in [3.8, 4) is 0 Å².